The van der Waals surface area contributed by atoms with E-state index in [2.05, 4.69) is 15.1 Å². The monoisotopic (exact) mass is 419 g/mol. The highest BCUT2D eigenvalue weighted by molar-refractivity contribution is 7.71. The van der Waals surface area contributed by atoms with Gasteiger partial charge in [0.1, 0.15) is 6.04 Å². The normalized spacial score (nSPS) is 20.4. The zero-order chi connectivity index (χ0) is 19.5. The number of nitrogens with zero attached hydrogens (tertiary/aromatic N) is 4. The van der Waals surface area contributed by atoms with E-state index in [0.29, 0.717) is 4.77 Å². The topological polar surface area (TPSA) is 57.2 Å². The van der Waals surface area contributed by atoms with Crippen LogP contribution in [0, 0.1) is 10.7 Å². The van der Waals surface area contributed by atoms with Crippen LogP contribution in [0.4, 0.5) is 0 Å². The highest BCUT2D eigenvalue weighted by atomic mass is 32.1. The smallest absolute Gasteiger partial charge is 0.245 e. The zero-order valence-electron chi connectivity index (χ0n) is 16.5. The standard InChI is InChI=1S/C20H29N5OS2/c1-15(25-18(21-22-20(25)27)17-8-5-13-28-17)19(26)24-11-9-23(10-12-24)14-16-6-3-2-4-7-16/h5,8,13,15-16H,2-4,6-7,9-12,14H2,1H3,(H,22,27). The summed E-state index contributed by atoms with van der Waals surface area (Å²) in [7, 11) is 0. The van der Waals surface area contributed by atoms with Gasteiger partial charge in [-0.05, 0) is 49.3 Å². The van der Waals surface area contributed by atoms with Gasteiger partial charge in [-0.3, -0.25) is 19.4 Å². The predicted molar refractivity (Wildman–Crippen MR) is 115 cm³/mol. The molecule has 3 heterocycles. The van der Waals surface area contributed by atoms with E-state index in [-0.39, 0.29) is 11.9 Å². The Morgan fingerprint density at radius 1 is 1.29 bits per heavy atom. The number of carbonyl (C=O) groups is 1. The minimum atomic E-state index is -0.353. The minimum absolute atomic E-state index is 0.132. The Morgan fingerprint density at radius 2 is 2.04 bits per heavy atom. The van der Waals surface area contributed by atoms with Crippen molar-refractivity contribution in [1.82, 2.24) is 24.6 Å². The molecule has 2 fully saturated rings. The molecule has 1 atom stereocenters. The number of amides is 1. The summed E-state index contributed by atoms with van der Waals surface area (Å²) in [6, 6.07) is 3.64. The lowest BCUT2D eigenvalue weighted by atomic mass is 9.89. The van der Waals surface area contributed by atoms with Gasteiger partial charge in [-0.25, -0.2) is 0 Å². The molecule has 6 nitrogen and oxygen atoms in total. The van der Waals surface area contributed by atoms with Crippen molar-refractivity contribution < 1.29 is 4.79 Å². The van der Waals surface area contributed by atoms with Crippen molar-refractivity contribution in [2.45, 2.75) is 45.1 Å². The molecule has 1 N–H and O–H groups in total. The average Bonchev–Trinajstić information content (AvgIpc) is 3.38. The van der Waals surface area contributed by atoms with Crippen molar-refractivity contribution in [3.63, 3.8) is 0 Å². The molecule has 4 rings (SSSR count). The van der Waals surface area contributed by atoms with E-state index < -0.39 is 0 Å². The van der Waals surface area contributed by atoms with E-state index >= 15 is 0 Å². The zero-order valence-corrected chi connectivity index (χ0v) is 18.1. The molecule has 1 aliphatic heterocycles. The lowest BCUT2D eigenvalue weighted by Gasteiger charge is -2.38. The Hall–Kier alpha value is -1.51. The molecule has 2 aromatic heterocycles. The van der Waals surface area contributed by atoms with Crippen molar-refractivity contribution in [1.29, 1.82) is 0 Å². The summed E-state index contributed by atoms with van der Waals surface area (Å²) in [6.07, 6.45) is 6.93. The maximum Gasteiger partial charge on any atom is 0.245 e. The van der Waals surface area contributed by atoms with Crippen molar-refractivity contribution in [3.05, 3.63) is 22.3 Å². The van der Waals surface area contributed by atoms with Crippen LogP contribution in [0.2, 0.25) is 0 Å². The van der Waals surface area contributed by atoms with Gasteiger partial charge in [0, 0.05) is 32.7 Å². The maximum atomic E-state index is 13.2. The molecule has 152 valence electrons. The fraction of sp³-hybridized carbons (Fsp3) is 0.650. The number of carbonyl (C=O) groups excluding carboxylic acids is 1. The molecule has 0 bridgehead atoms. The minimum Gasteiger partial charge on any atom is -0.338 e. The Balaban J connectivity index is 1.38. The number of aromatic nitrogens is 3. The van der Waals surface area contributed by atoms with Crippen LogP contribution in [0.5, 0.6) is 0 Å². The maximum absolute atomic E-state index is 13.2. The predicted octanol–water partition coefficient (Wildman–Crippen LogP) is 3.95. The summed E-state index contributed by atoms with van der Waals surface area (Å²) in [6.45, 7) is 6.68. The first-order valence-corrected chi connectivity index (χ1v) is 11.6. The van der Waals surface area contributed by atoms with Crippen LogP contribution in [-0.2, 0) is 4.79 Å². The van der Waals surface area contributed by atoms with Gasteiger partial charge in [0.25, 0.3) is 0 Å². The molecule has 0 radical (unpaired) electrons. The summed E-state index contributed by atoms with van der Waals surface area (Å²) in [4.78, 5) is 18.7. The van der Waals surface area contributed by atoms with Crippen LogP contribution in [-0.4, -0.2) is 63.2 Å². The Kier molecular flexibility index (Phi) is 6.28. The van der Waals surface area contributed by atoms with Crippen molar-refractivity contribution in [2.24, 2.45) is 5.92 Å². The molecule has 0 aromatic carbocycles. The molecule has 8 heteroatoms. The molecule has 1 saturated carbocycles. The summed E-state index contributed by atoms with van der Waals surface area (Å²) < 4.78 is 2.36. The molecule has 28 heavy (non-hydrogen) atoms. The van der Waals surface area contributed by atoms with Gasteiger partial charge < -0.3 is 4.90 Å². The third-order valence-electron chi connectivity index (χ3n) is 6.12. The van der Waals surface area contributed by atoms with Gasteiger partial charge >= 0.3 is 0 Å². The highest BCUT2D eigenvalue weighted by Crippen LogP contribution is 2.27. The largest absolute Gasteiger partial charge is 0.338 e. The lowest BCUT2D eigenvalue weighted by molar-refractivity contribution is -0.136. The Morgan fingerprint density at radius 3 is 2.71 bits per heavy atom. The summed E-state index contributed by atoms with van der Waals surface area (Å²) in [5.74, 6) is 1.73. The SMILES string of the molecule is CC(C(=O)N1CCN(CC2CCCCC2)CC1)n1c(-c2cccs2)n[nH]c1=S. The molecule has 1 amide bonds. The quantitative estimate of drug-likeness (QED) is 0.746. The second-order valence-electron chi connectivity index (χ2n) is 8.01. The number of rotatable bonds is 5. The summed E-state index contributed by atoms with van der Waals surface area (Å²) in [5, 5.41) is 9.23. The first kappa shape index (κ1) is 19.8. The van der Waals surface area contributed by atoms with Crippen LogP contribution in [0.25, 0.3) is 10.7 Å². The van der Waals surface area contributed by atoms with Crippen molar-refractivity contribution in [2.75, 3.05) is 32.7 Å². The molecule has 1 aliphatic carbocycles. The van der Waals surface area contributed by atoms with E-state index in [1.807, 2.05) is 33.9 Å². The number of hydrogen-bond donors (Lipinski definition) is 1. The number of thiophene rings is 1. The van der Waals surface area contributed by atoms with Gasteiger partial charge in [0.15, 0.2) is 10.6 Å². The van der Waals surface area contributed by atoms with Crippen LogP contribution in [0.1, 0.15) is 45.1 Å². The molecule has 1 saturated heterocycles. The van der Waals surface area contributed by atoms with Gasteiger partial charge in [-0.15, -0.1) is 11.3 Å². The molecule has 2 aromatic rings. The van der Waals surface area contributed by atoms with Gasteiger partial charge in [0.05, 0.1) is 4.88 Å². The van der Waals surface area contributed by atoms with E-state index in [1.54, 1.807) is 11.3 Å². The lowest BCUT2D eigenvalue weighted by Crippen LogP contribution is -2.51. The van der Waals surface area contributed by atoms with Gasteiger partial charge in [0.2, 0.25) is 5.91 Å². The Bertz CT molecular complexity index is 829. The second-order valence-corrected chi connectivity index (χ2v) is 9.34. The Labute approximate surface area is 175 Å². The number of piperazine rings is 1. The molecule has 2 aliphatic rings. The van der Waals surface area contributed by atoms with Crippen molar-refractivity contribution in [3.8, 4) is 10.7 Å². The molecule has 1 unspecified atom stereocenters. The number of hydrogen-bond acceptors (Lipinski definition) is 5. The van der Waals surface area contributed by atoms with E-state index in [1.165, 1.54) is 38.6 Å². The third-order valence-corrected chi connectivity index (χ3v) is 7.27. The number of nitrogens with one attached hydrogen (secondary N) is 1. The van der Waals surface area contributed by atoms with Crippen LogP contribution in [0.3, 0.4) is 0 Å². The average molecular weight is 420 g/mol. The number of H-pyrrole nitrogens is 1. The van der Waals surface area contributed by atoms with Gasteiger partial charge in [-0.2, -0.15) is 5.10 Å². The van der Waals surface area contributed by atoms with E-state index in [9.17, 15) is 4.79 Å². The second kappa shape index (κ2) is 8.88. The third kappa shape index (κ3) is 4.23. The molecule has 0 spiro atoms. The number of aromatic amines is 1. The van der Waals surface area contributed by atoms with Crippen molar-refractivity contribution >= 4 is 29.5 Å². The first-order valence-electron chi connectivity index (χ1n) is 10.4. The van der Waals surface area contributed by atoms with E-state index in [0.717, 1.165) is 42.8 Å². The summed E-state index contributed by atoms with van der Waals surface area (Å²) >= 11 is 7.03. The fourth-order valence-corrected chi connectivity index (χ4v) is 5.50. The summed E-state index contributed by atoms with van der Waals surface area (Å²) in [5.41, 5.74) is 0. The van der Waals surface area contributed by atoms with Crippen LogP contribution >= 0.6 is 23.6 Å². The first-order chi connectivity index (χ1) is 13.6. The fourth-order valence-electron chi connectivity index (χ4n) is 4.50. The van der Waals surface area contributed by atoms with Crippen LogP contribution in [0.15, 0.2) is 17.5 Å². The van der Waals surface area contributed by atoms with E-state index in [4.69, 9.17) is 12.2 Å². The highest BCUT2D eigenvalue weighted by Gasteiger charge is 2.29. The molecular weight excluding hydrogens is 390 g/mol. The van der Waals surface area contributed by atoms with Gasteiger partial charge in [-0.1, -0.05) is 25.3 Å². The van der Waals surface area contributed by atoms with Crippen LogP contribution < -0.4 is 0 Å². The molecular formula is C20H29N5OS2.